The number of para-hydroxylation sites is 2. The molecule has 3 aromatic carbocycles. The normalized spacial score (nSPS) is 10.9. The van der Waals surface area contributed by atoms with Crippen molar-refractivity contribution in [1.82, 2.24) is 4.98 Å². The van der Waals surface area contributed by atoms with Crippen LogP contribution in [-0.2, 0) is 0 Å². The Morgan fingerprint density at radius 1 is 0.833 bits per heavy atom. The SMILES string of the molecule is CN(C(=O)c1cccc2nc3ccccc3cc12)c1ccccc1. The summed E-state index contributed by atoms with van der Waals surface area (Å²) in [5.74, 6) is -0.0381. The molecular formula is C21H16N2O. The van der Waals surface area contributed by atoms with Gasteiger partial charge in [-0.05, 0) is 36.4 Å². The number of fused-ring (bicyclic) bond motifs is 2. The molecule has 0 aliphatic heterocycles. The molecule has 0 bridgehead atoms. The molecule has 0 unspecified atom stereocenters. The van der Waals surface area contributed by atoms with Crippen molar-refractivity contribution in [1.29, 1.82) is 0 Å². The zero-order chi connectivity index (χ0) is 16.5. The van der Waals surface area contributed by atoms with Crippen LogP contribution in [-0.4, -0.2) is 17.9 Å². The second-order valence-corrected chi connectivity index (χ2v) is 5.75. The van der Waals surface area contributed by atoms with E-state index in [1.807, 2.05) is 78.9 Å². The first-order valence-corrected chi connectivity index (χ1v) is 7.86. The minimum Gasteiger partial charge on any atom is -0.311 e. The van der Waals surface area contributed by atoms with Gasteiger partial charge in [0.1, 0.15) is 0 Å². The van der Waals surface area contributed by atoms with Crippen molar-refractivity contribution in [2.45, 2.75) is 0 Å². The van der Waals surface area contributed by atoms with Crippen molar-refractivity contribution in [3.63, 3.8) is 0 Å². The maximum absolute atomic E-state index is 13.0. The van der Waals surface area contributed by atoms with E-state index in [4.69, 9.17) is 0 Å². The third-order valence-electron chi connectivity index (χ3n) is 4.24. The molecule has 1 amide bonds. The Morgan fingerprint density at radius 3 is 2.38 bits per heavy atom. The highest BCUT2D eigenvalue weighted by atomic mass is 16.2. The second-order valence-electron chi connectivity index (χ2n) is 5.75. The van der Waals surface area contributed by atoms with Crippen molar-refractivity contribution in [2.75, 3.05) is 11.9 Å². The van der Waals surface area contributed by atoms with Crippen LogP contribution < -0.4 is 4.90 Å². The van der Waals surface area contributed by atoms with Crippen LogP contribution in [0.5, 0.6) is 0 Å². The van der Waals surface area contributed by atoms with Gasteiger partial charge in [0.2, 0.25) is 0 Å². The number of hydrogen-bond donors (Lipinski definition) is 0. The van der Waals surface area contributed by atoms with Gasteiger partial charge in [-0.3, -0.25) is 4.79 Å². The summed E-state index contributed by atoms with van der Waals surface area (Å²) < 4.78 is 0. The van der Waals surface area contributed by atoms with E-state index in [1.165, 1.54) is 0 Å². The molecule has 0 N–H and O–H groups in total. The average molecular weight is 312 g/mol. The fourth-order valence-electron chi connectivity index (χ4n) is 2.93. The van der Waals surface area contributed by atoms with E-state index in [2.05, 4.69) is 4.98 Å². The number of anilines is 1. The summed E-state index contributed by atoms with van der Waals surface area (Å²) in [5.41, 5.74) is 3.30. The topological polar surface area (TPSA) is 33.2 Å². The maximum Gasteiger partial charge on any atom is 0.258 e. The van der Waals surface area contributed by atoms with Crippen molar-refractivity contribution in [3.05, 3.63) is 84.4 Å². The molecule has 0 saturated carbocycles. The van der Waals surface area contributed by atoms with Crippen LogP contribution in [0, 0.1) is 0 Å². The lowest BCUT2D eigenvalue weighted by atomic mass is 10.0. The molecular weight excluding hydrogens is 296 g/mol. The number of pyridine rings is 1. The van der Waals surface area contributed by atoms with Crippen LogP contribution in [0.2, 0.25) is 0 Å². The summed E-state index contributed by atoms with van der Waals surface area (Å²) in [7, 11) is 1.80. The van der Waals surface area contributed by atoms with Gasteiger partial charge in [0.25, 0.3) is 5.91 Å². The summed E-state index contributed by atoms with van der Waals surface area (Å²) in [6, 6.07) is 25.3. The number of nitrogens with zero attached hydrogens (tertiary/aromatic N) is 2. The first kappa shape index (κ1) is 14.4. The summed E-state index contributed by atoms with van der Waals surface area (Å²) in [6.45, 7) is 0. The quantitative estimate of drug-likeness (QED) is 0.504. The van der Waals surface area contributed by atoms with Crippen LogP contribution in [0.25, 0.3) is 21.8 Å². The van der Waals surface area contributed by atoms with E-state index < -0.39 is 0 Å². The molecule has 0 saturated heterocycles. The molecule has 3 heteroatoms. The largest absolute Gasteiger partial charge is 0.311 e. The lowest BCUT2D eigenvalue weighted by Gasteiger charge is -2.18. The Kier molecular flexibility index (Phi) is 3.47. The van der Waals surface area contributed by atoms with Gasteiger partial charge in [-0.25, -0.2) is 4.98 Å². The van der Waals surface area contributed by atoms with Gasteiger partial charge in [-0.15, -0.1) is 0 Å². The minimum atomic E-state index is -0.0381. The third kappa shape index (κ3) is 2.40. The van der Waals surface area contributed by atoms with Crippen LogP contribution in [0.15, 0.2) is 78.9 Å². The number of aromatic nitrogens is 1. The van der Waals surface area contributed by atoms with Gasteiger partial charge in [0.05, 0.1) is 11.0 Å². The first-order valence-electron chi connectivity index (χ1n) is 7.86. The van der Waals surface area contributed by atoms with Crippen LogP contribution in [0.1, 0.15) is 10.4 Å². The molecule has 4 aromatic rings. The third-order valence-corrected chi connectivity index (χ3v) is 4.24. The minimum absolute atomic E-state index is 0.0381. The molecule has 1 heterocycles. The van der Waals surface area contributed by atoms with Crippen molar-refractivity contribution in [2.24, 2.45) is 0 Å². The van der Waals surface area contributed by atoms with Gasteiger partial charge >= 0.3 is 0 Å². The molecule has 0 spiro atoms. The fourth-order valence-corrected chi connectivity index (χ4v) is 2.93. The van der Waals surface area contributed by atoms with E-state index in [9.17, 15) is 4.79 Å². The monoisotopic (exact) mass is 312 g/mol. The van der Waals surface area contributed by atoms with Gasteiger partial charge in [-0.2, -0.15) is 0 Å². The Bertz CT molecular complexity index is 1040. The predicted molar refractivity (Wildman–Crippen MR) is 98.4 cm³/mol. The first-order chi connectivity index (χ1) is 11.7. The number of rotatable bonds is 2. The highest BCUT2D eigenvalue weighted by Gasteiger charge is 2.16. The van der Waals surface area contributed by atoms with Crippen molar-refractivity contribution < 1.29 is 4.79 Å². The van der Waals surface area contributed by atoms with E-state index in [-0.39, 0.29) is 5.91 Å². The predicted octanol–water partition coefficient (Wildman–Crippen LogP) is 4.66. The fraction of sp³-hybridized carbons (Fsp3) is 0.0476. The Balaban J connectivity index is 1.87. The molecule has 0 radical (unpaired) electrons. The number of hydrogen-bond acceptors (Lipinski definition) is 2. The summed E-state index contributed by atoms with van der Waals surface area (Å²) >= 11 is 0. The van der Waals surface area contributed by atoms with Crippen LogP contribution in [0.4, 0.5) is 5.69 Å². The highest BCUT2D eigenvalue weighted by Crippen LogP contribution is 2.25. The Hall–Kier alpha value is -3.20. The van der Waals surface area contributed by atoms with E-state index in [1.54, 1.807) is 11.9 Å². The number of carbonyl (C=O) groups is 1. The van der Waals surface area contributed by atoms with Gasteiger partial charge < -0.3 is 4.90 Å². The van der Waals surface area contributed by atoms with Crippen molar-refractivity contribution >= 4 is 33.4 Å². The molecule has 24 heavy (non-hydrogen) atoms. The molecule has 1 aromatic heterocycles. The van der Waals surface area contributed by atoms with Crippen molar-refractivity contribution in [3.8, 4) is 0 Å². The summed E-state index contributed by atoms with van der Waals surface area (Å²) in [4.78, 5) is 19.3. The highest BCUT2D eigenvalue weighted by molar-refractivity contribution is 6.14. The van der Waals surface area contributed by atoms with E-state index in [0.29, 0.717) is 5.56 Å². The standard InChI is InChI=1S/C21H16N2O/c1-23(16-9-3-2-4-10-16)21(24)17-11-7-13-20-18(17)14-15-8-5-6-12-19(15)22-20/h2-14H,1H3. The lowest BCUT2D eigenvalue weighted by molar-refractivity contribution is 0.0994. The number of amides is 1. The van der Waals surface area contributed by atoms with Crippen LogP contribution in [0.3, 0.4) is 0 Å². The Labute approximate surface area is 140 Å². The molecule has 0 aliphatic rings. The smallest absolute Gasteiger partial charge is 0.258 e. The molecule has 3 nitrogen and oxygen atoms in total. The van der Waals surface area contributed by atoms with Gasteiger partial charge in [-0.1, -0.05) is 42.5 Å². The number of carbonyl (C=O) groups excluding carboxylic acids is 1. The van der Waals surface area contributed by atoms with E-state index in [0.717, 1.165) is 27.5 Å². The van der Waals surface area contributed by atoms with Crippen LogP contribution >= 0.6 is 0 Å². The zero-order valence-corrected chi connectivity index (χ0v) is 13.3. The van der Waals surface area contributed by atoms with Gasteiger partial charge in [0.15, 0.2) is 0 Å². The molecule has 0 aliphatic carbocycles. The molecule has 116 valence electrons. The Morgan fingerprint density at radius 2 is 1.54 bits per heavy atom. The maximum atomic E-state index is 13.0. The lowest BCUT2D eigenvalue weighted by Crippen LogP contribution is -2.26. The average Bonchev–Trinajstić information content (AvgIpc) is 2.65. The number of benzene rings is 3. The summed E-state index contributed by atoms with van der Waals surface area (Å²) in [5, 5.41) is 1.91. The second kappa shape index (κ2) is 5.78. The summed E-state index contributed by atoms with van der Waals surface area (Å²) in [6.07, 6.45) is 0. The molecule has 0 fully saturated rings. The zero-order valence-electron chi connectivity index (χ0n) is 13.3. The molecule has 4 rings (SSSR count). The molecule has 0 atom stereocenters. The van der Waals surface area contributed by atoms with Gasteiger partial charge in [0, 0.05) is 29.1 Å². The van der Waals surface area contributed by atoms with E-state index >= 15 is 0 Å².